The standard InChI is InChI=1S/C27H35ClN2O3S/c1-3-25(27(32)29-22-9-4-5-10-22)30(19-20-8-6-11-23(18-20)33-2)26(31)12-7-17-34-24-15-13-21(28)14-16-24/h6,8,11,13-16,18,22,25H,3-5,7,9-10,12,17,19H2,1-2H3,(H,29,32)/t25-/m0/s1. The van der Waals surface area contributed by atoms with Crippen LogP contribution in [0, 0.1) is 0 Å². The van der Waals surface area contributed by atoms with Gasteiger partial charge in [-0.05, 0) is 73.4 Å². The lowest BCUT2D eigenvalue weighted by Crippen LogP contribution is -2.50. The number of ether oxygens (including phenoxy) is 1. The van der Waals surface area contributed by atoms with Gasteiger partial charge >= 0.3 is 0 Å². The molecule has 0 aromatic heterocycles. The number of nitrogens with zero attached hydrogens (tertiary/aromatic N) is 1. The summed E-state index contributed by atoms with van der Waals surface area (Å²) >= 11 is 7.67. The smallest absolute Gasteiger partial charge is 0.243 e. The monoisotopic (exact) mass is 502 g/mol. The molecule has 0 unspecified atom stereocenters. The normalized spacial score (nSPS) is 14.6. The number of carbonyl (C=O) groups excluding carboxylic acids is 2. The van der Waals surface area contributed by atoms with E-state index in [9.17, 15) is 9.59 Å². The molecule has 2 amide bonds. The number of rotatable bonds is 12. The predicted molar refractivity (Wildman–Crippen MR) is 139 cm³/mol. The number of amides is 2. The van der Waals surface area contributed by atoms with Crippen LogP contribution in [-0.2, 0) is 16.1 Å². The molecule has 0 spiro atoms. The van der Waals surface area contributed by atoms with Crippen LogP contribution in [0.15, 0.2) is 53.4 Å². The summed E-state index contributed by atoms with van der Waals surface area (Å²) < 4.78 is 5.35. The van der Waals surface area contributed by atoms with E-state index in [1.807, 2.05) is 55.5 Å². The summed E-state index contributed by atoms with van der Waals surface area (Å²) in [5.74, 6) is 1.53. The second-order valence-electron chi connectivity index (χ2n) is 8.69. The molecule has 2 aromatic rings. The summed E-state index contributed by atoms with van der Waals surface area (Å²) in [6.45, 7) is 2.36. The van der Waals surface area contributed by atoms with Gasteiger partial charge in [0, 0.05) is 28.9 Å². The first-order chi connectivity index (χ1) is 16.5. The quantitative estimate of drug-likeness (QED) is 0.282. The van der Waals surface area contributed by atoms with Gasteiger partial charge in [0.15, 0.2) is 0 Å². The number of nitrogens with one attached hydrogen (secondary N) is 1. The topological polar surface area (TPSA) is 58.6 Å². The van der Waals surface area contributed by atoms with Gasteiger partial charge in [0.1, 0.15) is 11.8 Å². The van der Waals surface area contributed by atoms with E-state index in [4.69, 9.17) is 16.3 Å². The highest BCUT2D eigenvalue weighted by Gasteiger charge is 2.30. The van der Waals surface area contributed by atoms with E-state index in [-0.39, 0.29) is 17.9 Å². The molecule has 1 atom stereocenters. The summed E-state index contributed by atoms with van der Waals surface area (Å²) in [4.78, 5) is 29.5. The highest BCUT2D eigenvalue weighted by atomic mass is 35.5. The second-order valence-corrected chi connectivity index (χ2v) is 10.3. The van der Waals surface area contributed by atoms with Crippen LogP contribution in [0.1, 0.15) is 57.4 Å². The van der Waals surface area contributed by atoms with Crippen molar-refractivity contribution in [2.75, 3.05) is 12.9 Å². The molecule has 1 N–H and O–H groups in total. The molecule has 1 saturated carbocycles. The molecular formula is C27H35ClN2O3S. The molecule has 0 radical (unpaired) electrons. The maximum Gasteiger partial charge on any atom is 0.243 e. The van der Waals surface area contributed by atoms with Crippen LogP contribution >= 0.6 is 23.4 Å². The zero-order valence-corrected chi connectivity index (χ0v) is 21.7. The number of thioether (sulfide) groups is 1. The van der Waals surface area contributed by atoms with Crippen molar-refractivity contribution in [3.63, 3.8) is 0 Å². The third-order valence-corrected chi connectivity index (χ3v) is 7.54. The van der Waals surface area contributed by atoms with Crippen molar-refractivity contribution in [2.45, 2.75) is 75.4 Å². The van der Waals surface area contributed by atoms with Gasteiger partial charge in [-0.3, -0.25) is 9.59 Å². The Kier molecular flexibility index (Phi) is 10.6. The van der Waals surface area contributed by atoms with Gasteiger partial charge in [0.2, 0.25) is 11.8 Å². The van der Waals surface area contributed by atoms with Gasteiger partial charge in [-0.15, -0.1) is 11.8 Å². The molecule has 7 heteroatoms. The van der Waals surface area contributed by atoms with Crippen molar-refractivity contribution in [1.82, 2.24) is 10.2 Å². The third kappa shape index (κ3) is 7.95. The zero-order valence-electron chi connectivity index (χ0n) is 20.1. The van der Waals surface area contributed by atoms with Gasteiger partial charge in [0.05, 0.1) is 7.11 Å². The fourth-order valence-electron chi connectivity index (χ4n) is 4.34. The lowest BCUT2D eigenvalue weighted by molar-refractivity contribution is -0.141. The highest BCUT2D eigenvalue weighted by molar-refractivity contribution is 7.99. The molecule has 1 aliphatic rings. The maximum absolute atomic E-state index is 13.4. The van der Waals surface area contributed by atoms with Crippen LogP contribution < -0.4 is 10.1 Å². The van der Waals surface area contributed by atoms with Crippen LogP contribution in [0.4, 0.5) is 0 Å². The largest absolute Gasteiger partial charge is 0.497 e. The first kappa shape index (κ1) is 26.4. The minimum Gasteiger partial charge on any atom is -0.497 e. The van der Waals surface area contributed by atoms with E-state index < -0.39 is 6.04 Å². The molecule has 3 rings (SSSR count). The van der Waals surface area contributed by atoms with Gasteiger partial charge < -0.3 is 15.0 Å². The SMILES string of the molecule is CC[C@@H](C(=O)NC1CCCC1)N(Cc1cccc(OC)c1)C(=O)CCCSc1ccc(Cl)cc1. The molecule has 0 bridgehead atoms. The van der Waals surface area contributed by atoms with Crippen molar-refractivity contribution in [3.8, 4) is 5.75 Å². The Morgan fingerprint density at radius 1 is 1.18 bits per heavy atom. The first-order valence-electron chi connectivity index (χ1n) is 12.1. The Morgan fingerprint density at radius 2 is 1.91 bits per heavy atom. The number of hydrogen-bond acceptors (Lipinski definition) is 4. The predicted octanol–water partition coefficient (Wildman–Crippen LogP) is 6.09. The van der Waals surface area contributed by atoms with Gasteiger partial charge in [-0.25, -0.2) is 0 Å². The molecule has 184 valence electrons. The number of methoxy groups -OCH3 is 1. The summed E-state index contributed by atoms with van der Waals surface area (Å²) in [6, 6.07) is 15.2. The van der Waals surface area contributed by atoms with Crippen molar-refractivity contribution in [3.05, 3.63) is 59.1 Å². The molecule has 1 fully saturated rings. The third-order valence-electron chi connectivity index (χ3n) is 6.19. The molecule has 5 nitrogen and oxygen atoms in total. The maximum atomic E-state index is 13.4. The Hall–Kier alpha value is -2.18. The Bertz CT molecular complexity index is 932. The van der Waals surface area contributed by atoms with Crippen molar-refractivity contribution in [2.24, 2.45) is 0 Å². The van der Waals surface area contributed by atoms with Gasteiger partial charge in [-0.2, -0.15) is 0 Å². The van der Waals surface area contributed by atoms with E-state index >= 15 is 0 Å². The van der Waals surface area contributed by atoms with Crippen molar-refractivity contribution < 1.29 is 14.3 Å². The number of hydrogen-bond donors (Lipinski definition) is 1. The Balaban J connectivity index is 1.66. The second kappa shape index (κ2) is 13.6. The van der Waals surface area contributed by atoms with Crippen molar-refractivity contribution in [1.29, 1.82) is 0 Å². The van der Waals surface area contributed by atoms with E-state index in [1.165, 1.54) is 0 Å². The minimum absolute atomic E-state index is 0.00736. The lowest BCUT2D eigenvalue weighted by Gasteiger charge is -2.31. The average Bonchev–Trinajstić information content (AvgIpc) is 3.35. The van der Waals surface area contributed by atoms with E-state index in [0.717, 1.165) is 54.1 Å². The highest BCUT2D eigenvalue weighted by Crippen LogP contribution is 2.23. The molecule has 0 saturated heterocycles. The summed E-state index contributed by atoms with van der Waals surface area (Å²) in [6.07, 6.45) is 6.06. The van der Waals surface area contributed by atoms with Crippen LogP contribution in [-0.4, -0.2) is 41.7 Å². The van der Waals surface area contributed by atoms with Crippen LogP contribution in [0.2, 0.25) is 5.02 Å². The molecule has 1 aliphatic carbocycles. The number of benzene rings is 2. The average molecular weight is 503 g/mol. The number of halogens is 1. The molecular weight excluding hydrogens is 468 g/mol. The van der Waals surface area contributed by atoms with Crippen LogP contribution in [0.25, 0.3) is 0 Å². The fourth-order valence-corrected chi connectivity index (χ4v) is 5.32. The number of carbonyl (C=O) groups is 2. The summed E-state index contributed by atoms with van der Waals surface area (Å²) in [7, 11) is 1.63. The molecule has 0 heterocycles. The summed E-state index contributed by atoms with van der Waals surface area (Å²) in [5, 5.41) is 3.91. The van der Waals surface area contributed by atoms with E-state index in [2.05, 4.69) is 5.32 Å². The van der Waals surface area contributed by atoms with Crippen LogP contribution in [0.3, 0.4) is 0 Å². The molecule has 0 aliphatic heterocycles. The van der Waals surface area contributed by atoms with Crippen molar-refractivity contribution >= 4 is 35.2 Å². The van der Waals surface area contributed by atoms with E-state index in [0.29, 0.717) is 24.4 Å². The summed E-state index contributed by atoms with van der Waals surface area (Å²) in [5.41, 5.74) is 0.954. The minimum atomic E-state index is -0.483. The molecule has 34 heavy (non-hydrogen) atoms. The fraction of sp³-hybridized carbons (Fsp3) is 0.481. The lowest BCUT2D eigenvalue weighted by atomic mass is 10.1. The van der Waals surface area contributed by atoms with Gasteiger partial charge in [0.25, 0.3) is 0 Å². The van der Waals surface area contributed by atoms with Crippen LogP contribution in [0.5, 0.6) is 5.75 Å². The Morgan fingerprint density at radius 3 is 2.59 bits per heavy atom. The molecule has 2 aromatic carbocycles. The first-order valence-corrected chi connectivity index (χ1v) is 13.5. The Labute approximate surface area is 212 Å². The zero-order chi connectivity index (χ0) is 24.3. The van der Waals surface area contributed by atoms with Gasteiger partial charge in [-0.1, -0.05) is 43.5 Å². The van der Waals surface area contributed by atoms with E-state index in [1.54, 1.807) is 23.8 Å².